The minimum atomic E-state index is -4.95. The van der Waals surface area contributed by atoms with Crippen LogP contribution in [0.2, 0.25) is 0 Å². The fourth-order valence-electron chi connectivity index (χ4n) is 4.29. The van der Waals surface area contributed by atoms with Crippen LogP contribution in [-0.2, 0) is 43.1 Å². The van der Waals surface area contributed by atoms with E-state index in [0.717, 1.165) is 6.08 Å². The molecule has 3 heterocycles. The monoisotopic (exact) mass is 612 g/mol. The summed E-state index contributed by atoms with van der Waals surface area (Å²) in [5, 5.41) is 80.6. The summed E-state index contributed by atoms with van der Waals surface area (Å²) >= 11 is 0. The summed E-state index contributed by atoms with van der Waals surface area (Å²) in [6, 6.07) is 0. The summed E-state index contributed by atoms with van der Waals surface area (Å²) < 4.78 is 61.4. The molecular formula is C20H33FO18S. The van der Waals surface area contributed by atoms with Gasteiger partial charge in [0.15, 0.2) is 12.6 Å². The number of aliphatic hydroxyl groups excluding tert-OH is 7. The van der Waals surface area contributed by atoms with Gasteiger partial charge in [0.25, 0.3) is 0 Å². The maximum absolute atomic E-state index is 11.2. The van der Waals surface area contributed by atoms with Crippen molar-refractivity contribution in [2.75, 3.05) is 19.8 Å². The van der Waals surface area contributed by atoms with Gasteiger partial charge in [0.1, 0.15) is 36.6 Å². The predicted molar refractivity (Wildman–Crippen MR) is 121 cm³/mol. The van der Waals surface area contributed by atoms with Crippen LogP contribution in [-0.4, -0.2) is 147 Å². The number of carboxylic acid groups (broad SMARTS) is 1. The second-order valence-corrected chi connectivity index (χ2v) is 10.3. The maximum Gasteiger partial charge on any atom is 0.397 e. The lowest BCUT2D eigenvalue weighted by Crippen LogP contribution is -2.59. The van der Waals surface area contributed by atoms with Crippen molar-refractivity contribution in [3.05, 3.63) is 11.8 Å². The molecule has 3 aliphatic heterocycles. The highest BCUT2D eigenvalue weighted by molar-refractivity contribution is 7.80. The molecule has 5 unspecified atom stereocenters. The third kappa shape index (κ3) is 8.23. The smallest absolute Gasteiger partial charge is 0.397 e. The minimum absolute atomic E-state index is 0. The van der Waals surface area contributed by atoms with Crippen LogP contribution in [0.1, 0.15) is 6.92 Å². The lowest BCUT2D eigenvalue weighted by Gasteiger charge is -2.44. The van der Waals surface area contributed by atoms with Gasteiger partial charge in [-0.3, -0.25) is 9.26 Å². The number of carbonyl (C=O) groups is 1. The summed E-state index contributed by atoms with van der Waals surface area (Å²) in [6.07, 6.45) is -16.8. The molecule has 0 aromatic carbocycles. The number of aliphatic carboxylic acids is 1. The Morgan fingerprint density at radius 1 is 0.850 bits per heavy atom. The van der Waals surface area contributed by atoms with Crippen LogP contribution in [0.5, 0.6) is 0 Å². The first-order chi connectivity index (χ1) is 18.1. The standard InChI is InChI=1S/C20H32O18S.FH/c1-6-12(22)15(25)16(26)20(36-6)33-3-7-8(18(29)37-11(13(7)23)5-35-39(30,31)32)4-34-19-14(24)9(21)2-10(38-19)17(27)28;/h2,6-9,11-16,18-26,29H,3-5H2,1H3,(H,27,28)(H,30,31,32);1H/t6?,7-,8?,9+,11?,12+,13-,14?,15-,16?,18-,19+,20+;/m0./s1. The summed E-state index contributed by atoms with van der Waals surface area (Å²) in [5.74, 6) is -4.79. The van der Waals surface area contributed by atoms with Crippen molar-refractivity contribution in [1.82, 2.24) is 0 Å². The fourth-order valence-corrected chi connectivity index (χ4v) is 4.59. The second kappa shape index (κ2) is 14.0. The largest absolute Gasteiger partial charge is 0.475 e. The first-order valence-corrected chi connectivity index (χ1v) is 13.0. The third-order valence-corrected chi connectivity index (χ3v) is 6.98. The molecular weight excluding hydrogens is 579 g/mol. The molecule has 18 nitrogen and oxygen atoms in total. The van der Waals surface area contributed by atoms with Crippen molar-refractivity contribution >= 4 is 16.4 Å². The summed E-state index contributed by atoms with van der Waals surface area (Å²) in [7, 11) is -4.95. The molecule has 40 heavy (non-hydrogen) atoms. The first-order valence-electron chi connectivity index (χ1n) is 11.6. The Hall–Kier alpha value is -1.63. The van der Waals surface area contributed by atoms with E-state index in [2.05, 4.69) is 4.18 Å². The van der Waals surface area contributed by atoms with Gasteiger partial charge in [0.05, 0.1) is 32.0 Å². The van der Waals surface area contributed by atoms with Crippen molar-refractivity contribution in [3.8, 4) is 0 Å². The molecule has 20 heteroatoms. The third-order valence-electron chi connectivity index (χ3n) is 6.55. The van der Waals surface area contributed by atoms with Crippen LogP contribution in [0.4, 0.5) is 4.70 Å². The van der Waals surface area contributed by atoms with Crippen LogP contribution in [0.3, 0.4) is 0 Å². The first kappa shape index (κ1) is 34.6. The zero-order valence-corrected chi connectivity index (χ0v) is 21.5. The quantitative estimate of drug-likeness (QED) is 0.105. The van der Waals surface area contributed by atoms with Gasteiger partial charge in [0, 0.05) is 11.8 Å². The highest BCUT2D eigenvalue weighted by Gasteiger charge is 2.48. The van der Waals surface area contributed by atoms with Crippen LogP contribution in [0.25, 0.3) is 0 Å². The molecule has 0 aromatic heterocycles. The molecule has 0 radical (unpaired) electrons. The minimum Gasteiger partial charge on any atom is -0.475 e. The van der Waals surface area contributed by atoms with Crippen molar-refractivity contribution < 1.29 is 91.2 Å². The Balaban J connectivity index is 0.00000560. The van der Waals surface area contributed by atoms with E-state index in [4.69, 9.17) is 33.3 Å². The van der Waals surface area contributed by atoms with E-state index in [1.54, 1.807) is 0 Å². The van der Waals surface area contributed by atoms with E-state index in [0.29, 0.717) is 0 Å². The number of rotatable bonds is 10. The number of hydrogen-bond acceptors (Lipinski definition) is 16. The molecule has 9 N–H and O–H groups in total. The van der Waals surface area contributed by atoms with Gasteiger partial charge >= 0.3 is 16.4 Å². The Kier molecular flexibility index (Phi) is 12.1. The zero-order valence-electron chi connectivity index (χ0n) is 20.7. The Labute approximate surface area is 226 Å². The fraction of sp³-hybridized carbons (Fsp3) is 0.850. The van der Waals surface area contributed by atoms with Crippen molar-refractivity contribution in [1.29, 1.82) is 0 Å². The van der Waals surface area contributed by atoms with Gasteiger partial charge in [-0.25, -0.2) is 8.98 Å². The lowest BCUT2D eigenvalue weighted by molar-refractivity contribution is -0.314. The highest BCUT2D eigenvalue weighted by Crippen LogP contribution is 2.34. The zero-order chi connectivity index (χ0) is 29.2. The summed E-state index contributed by atoms with van der Waals surface area (Å²) in [5.41, 5.74) is 0. The van der Waals surface area contributed by atoms with Crippen molar-refractivity contribution in [3.63, 3.8) is 0 Å². The van der Waals surface area contributed by atoms with E-state index in [-0.39, 0.29) is 4.70 Å². The van der Waals surface area contributed by atoms with Gasteiger partial charge in [0.2, 0.25) is 12.0 Å². The Morgan fingerprint density at radius 2 is 1.45 bits per heavy atom. The molecule has 13 atom stereocenters. The van der Waals surface area contributed by atoms with Crippen LogP contribution >= 0.6 is 0 Å². The molecule has 0 spiro atoms. The number of carboxylic acids is 1. The summed E-state index contributed by atoms with van der Waals surface area (Å²) in [6.45, 7) is -0.723. The normalized spacial score (nSPS) is 42.3. The Morgan fingerprint density at radius 3 is 2.05 bits per heavy atom. The van der Waals surface area contributed by atoms with E-state index in [1.165, 1.54) is 6.92 Å². The van der Waals surface area contributed by atoms with Gasteiger partial charge in [-0.05, 0) is 13.0 Å². The van der Waals surface area contributed by atoms with Crippen LogP contribution in [0, 0.1) is 11.8 Å². The molecule has 3 aliphatic rings. The van der Waals surface area contributed by atoms with E-state index < -0.39 is 121 Å². The van der Waals surface area contributed by atoms with E-state index >= 15 is 0 Å². The molecule has 2 fully saturated rings. The van der Waals surface area contributed by atoms with Gasteiger partial charge in [-0.2, -0.15) is 8.42 Å². The highest BCUT2D eigenvalue weighted by atomic mass is 32.3. The molecule has 234 valence electrons. The number of aliphatic hydroxyl groups is 7. The van der Waals surface area contributed by atoms with Gasteiger partial charge in [-0.1, -0.05) is 0 Å². The lowest BCUT2D eigenvalue weighted by atomic mass is 9.83. The van der Waals surface area contributed by atoms with Crippen molar-refractivity contribution in [2.24, 2.45) is 11.8 Å². The van der Waals surface area contributed by atoms with Gasteiger partial charge in [-0.15, -0.1) is 0 Å². The van der Waals surface area contributed by atoms with Crippen LogP contribution in [0.15, 0.2) is 11.8 Å². The van der Waals surface area contributed by atoms with Gasteiger partial charge < -0.3 is 64.5 Å². The van der Waals surface area contributed by atoms with E-state index in [1.807, 2.05) is 0 Å². The average molecular weight is 613 g/mol. The van der Waals surface area contributed by atoms with Crippen molar-refractivity contribution in [2.45, 2.75) is 74.6 Å². The molecule has 2 saturated heterocycles. The Bertz CT molecular complexity index is 980. The number of hydrogen-bond donors (Lipinski definition) is 9. The average Bonchev–Trinajstić information content (AvgIpc) is 2.85. The summed E-state index contributed by atoms with van der Waals surface area (Å²) in [4.78, 5) is 11.2. The number of ether oxygens (including phenoxy) is 5. The molecule has 3 rings (SSSR count). The van der Waals surface area contributed by atoms with E-state index in [9.17, 15) is 49.0 Å². The maximum atomic E-state index is 11.2. The topological polar surface area (TPSA) is 289 Å². The molecule has 0 amide bonds. The van der Waals surface area contributed by atoms with Crippen LogP contribution < -0.4 is 0 Å². The number of halogens is 1. The SMILES string of the molecule is CC1O[C@@H](OC[C@H]2C(CO[C@@H]3OC(C(=O)O)=C[C@@H](O)C3O)[C@@H](O)OC(COS(=O)(=O)O)[C@H]2O)C(O)[C@@H](O)[C@@H]1O.F. The predicted octanol–water partition coefficient (Wildman–Crippen LogP) is -4.82. The second-order valence-electron chi connectivity index (χ2n) is 9.25. The molecule has 0 aliphatic carbocycles. The molecule has 0 aromatic rings. The molecule has 0 saturated carbocycles. The molecule has 0 bridgehead atoms.